The standard InChI is InChI=1S/C38H46N6O4/c1-25(2)15-26-9-12-44(24-26)34-19-38(5,6)17-28(30(34)21-40)32(23-42)36(46)48-14-13-47-35(45)31(22-41)27-16-37(3,4)18-33(29(27)20-39)43-10-7-8-11-43/h26H,1,7-19,24H2,2-6H3/b31-27+,32-28+. The Morgan fingerprint density at radius 2 is 1.23 bits per heavy atom. The predicted octanol–water partition coefficient (Wildman–Crippen LogP) is 6.29. The number of rotatable bonds is 9. The maximum atomic E-state index is 13.2. The summed E-state index contributed by atoms with van der Waals surface area (Å²) in [4.78, 5) is 30.8. The fraction of sp³-hybridized carbons (Fsp3) is 0.579. The molecule has 0 aromatic rings. The van der Waals surface area contributed by atoms with E-state index in [1.165, 1.54) is 0 Å². The third-order valence-corrected chi connectivity index (χ3v) is 9.58. The first-order valence-corrected chi connectivity index (χ1v) is 16.8. The van der Waals surface area contributed by atoms with Crippen LogP contribution in [-0.4, -0.2) is 61.1 Å². The van der Waals surface area contributed by atoms with Gasteiger partial charge in [0.05, 0.1) is 11.1 Å². The van der Waals surface area contributed by atoms with Crippen LogP contribution in [0.2, 0.25) is 0 Å². The molecule has 1 unspecified atom stereocenters. The van der Waals surface area contributed by atoms with Crippen molar-refractivity contribution < 1.29 is 19.1 Å². The van der Waals surface area contributed by atoms with Gasteiger partial charge in [0.1, 0.15) is 48.6 Å². The number of carbonyl (C=O) groups is 2. The summed E-state index contributed by atoms with van der Waals surface area (Å²) in [6.07, 6.45) is 6.01. The van der Waals surface area contributed by atoms with E-state index in [0.29, 0.717) is 53.9 Å². The van der Waals surface area contributed by atoms with Crippen molar-refractivity contribution in [1.82, 2.24) is 9.80 Å². The Bertz CT molecular complexity index is 1660. The molecular weight excluding hydrogens is 604 g/mol. The third kappa shape index (κ3) is 8.18. The maximum absolute atomic E-state index is 13.2. The number of ether oxygens (including phenoxy) is 2. The summed E-state index contributed by atoms with van der Waals surface area (Å²) in [5.41, 5.74) is 3.28. The number of hydrogen-bond acceptors (Lipinski definition) is 10. The Labute approximate surface area is 284 Å². The molecule has 0 N–H and O–H groups in total. The number of esters is 2. The fourth-order valence-electron chi connectivity index (χ4n) is 7.53. The Kier molecular flexibility index (Phi) is 11.2. The number of nitrogens with zero attached hydrogens (tertiary/aromatic N) is 6. The topological polar surface area (TPSA) is 154 Å². The molecule has 1 atom stereocenters. The van der Waals surface area contributed by atoms with Crippen LogP contribution in [0.15, 0.2) is 57.0 Å². The first-order chi connectivity index (χ1) is 22.7. The zero-order chi connectivity index (χ0) is 35.2. The van der Waals surface area contributed by atoms with E-state index in [2.05, 4.69) is 42.4 Å². The average Bonchev–Trinajstić information content (AvgIpc) is 3.71. The second-order valence-electron chi connectivity index (χ2n) is 15.1. The predicted molar refractivity (Wildman–Crippen MR) is 178 cm³/mol. The first kappa shape index (κ1) is 36.0. The third-order valence-electron chi connectivity index (χ3n) is 9.58. The summed E-state index contributed by atoms with van der Waals surface area (Å²) >= 11 is 0. The molecule has 2 aliphatic heterocycles. The van der Waals surface area contributed by atoms with Crippen LogP contribution in [0.25, 0.3) is 0 Å². The van der Waals surface area contributed by atoms with Gasteiger partial charge in [0.2, 0.25) is 0 Å². The summed E-state index contributed by atoms with van der Waals surface area (Å²) in [7, 11) is 0. The average molecular weight is 651 g/mol. The molecule has 4 aliphatic rings. The molecule has 0 spiro atoms. The molecule has 0 bridgehead atoms. The highest BCUT2D eigenvalue weighted by Gasteiger charge is 2.39. The lowest BCUT2D eigenvalue weighted by molar-refractivity contribution is -0.146. The van der Waals surface area contributed by atoms with Gasteiger partial charge in [-0.1, -0.05) is 33.3 Å². The van der Waals surface area contributed by atoms with Crippen molar-refractivity contribution in [2.75, 3.05) is 39.4 Å². The van der Waals surface area contributed by atoms with Gasteiger partial charge in [-0.3, -0.25) is 0 Å². The van der Waals surface area contributed by atoms with Crippen molar-refractivity contribution in [1.29, 1.82) is 21.0 Å². The minimum absolute atomic E-state index is 0.227. The largest absolute Gasteiger partial charge is 0.458 e. The molecule has 10 heteroatoms. The van der Waals surface area contributed by atoms with E-state index < -0.39 is 11.9 Å². The highest BCUT2D eigenvalue weighted by molar-refractivity contribution is 5.96. The first-order valence-electron chi connectivity index (χ1n) is 16.8. The van der Waals surface area contributed by atoms with E-state index in [0.717, 1.165) is 68.8 Å². The SMILES string of the molecule is C=C(C)CC1CCN(C2=C(C#N)/C(=C(\C#N)C(=O)OCCOC(=O)/C(C#N)=C3\CC(C)(C)CC(N4CCCC4)=C3C#N)CC(C)(C)C2)C1. The zero-order valence-corrected chi connectivity index (χ0v) is 29.0. The molecule has 0 aromatic heterocycles. The minimum Gasteiger partial charge on any atom is -0.458 e. The molecular formula is C38H46N6O4. The van der Waals surface area contributed by atoms with Crippen molar-refractivity contribution in [3.05, 3.63) is 57.0 Å². The van der Waals surface area contributed by atoms with Gasteiger partial charge in [-0.05, 0) is 86.2 Å². The summed E-state index contributed by atoms with van der Waals surface area (Å²) in [5, 5.41) is 40.4. The highest BCUT2D eigenvalue weighted by atomic mass is 16.6. The van der Waals surface area contributed by atoms with Gasteiger partial charge in [-0.2, -0.15) is 21.0 Å². The van der Waals surface area contributed by atoms with Gasteiger partial charge in [0.25, 0.3) is 0 Å². The fourth-order valence-corrected chi connectivity index (χ4v) is 7.53. The van der Waals surface area contributed by atoms with Crippen LogP contribution in [0.4, 0.5) is 0 Å². The van der Waals surface area contributed by atoms with Crippen LogP contribution in [0.5, 0.6) is 0 Å². The van der Waals surface area contributed by atoms with Crippen molar-refractivity contribution in [3.63, 3.8) is 0 Å². The second kappa shape index (κ2) is 15.0. The molecule has 48 heavy (non-hydrogen) atoms. The number of hydrogen-bond donors (Lipinski definition) is 0. The van der Waals surface area contributed by atoms with E-state index in [4.69, 9.17) is 9.47 Å². The Hall–Kier alpha value is -4.80. The smallest absolute Gasteiger partial charge is 0.349 e. The van der Waals surface area contributed by atoms with Gasteiger partial charge >= 0.3 is 11.9 Å². The Morgan fingerprint density at radius 1 is 0.771 bits per heavy atom. The molecule has 0 radical (unpaired) electrons. The lowest BCUT2D eigenvalue weighted by atomic mass is 9.72. The lowest BCUT2D eigenvalue weighted by Crippen LogP contribution is -2.31. The monoisotopic (exact) mass is 650 g/mol. The van der Waals surface area contributed by atoms with E-state index in [-0.39, 0.29) is 35.2 Å². The number of carbonyl (C=O) groups excluding carboxylic acids is 2. The van der Waals surface area contributed by atoms with Crippen LogP contribution in [0, 0.1) is 62.1 Å². The van der Waals surface area contributed by atoms with Crippen LogP contribution >= 0.6 is 0 Å². The minimum atomic E-state index is -0.896. The molecule has 0 aromatic carbocycles. The normalized spacial score (nSPS) is 23.8. The molecule has 2 heterocycles. The molecule has 4 rings (SSSR count). The molecule has 10 nitrogen and oxygen atoms in total. The van der Waals surface area contributed by atoms with Crippen molar-refractivity contribution in [2.24, 2.45) is 16.7 Å². The van der Waals surface area contributed by atoms with Crippen LogP contribution in [-0.2, 0) is 19.1 Å². The Morgan fingerprint density at radius 3 is 1.65 bits per heavy atom. The van der Waals surface area contributed by atoms with Crippen molar-refractivity contribution >= 4 is 11.9 Å². The van der Waals surface area contributed by atoms with E-state index in [1.807, 2.05) is 32.9 Å². The maximum Gasteiger partial charge on any atom is 0.349 e. The number of likely N-dealkylation sites (tertiary alicyclic amines) is 2. The highest BCUT2D eigenvalue weighted by Crippen LogP contribution is 2.46. The van der Waals surface area contributed by atoms with Crippen LogP contribution in [0.1, 0.15) is 86.0 Å². The molecule has 252 valence electrons. The summed E-state index contributed by atoms with van der Waals surface area (Å²) < 4.78 is 10.7. The molecule has 2 fully saturated rings. The number of allylic oxidation sites excluding steroid dienone is 7. The quantitative estimate of drug-likeness (QED) is 0.0914. The van der Waals surface area contributed by atoms with Crippen LogP contribution in [0.3, 0.4) is 0 Å². The second-order valence-corrected chi connectivity index (χ2v) is 15.1. The van der Waals surface area contributed by atoms with Crippen LogP contribution < -0.4 is 0 Å². The number of nitriles is 4. The van der Waals surface area contributed by atoms with E-state index in [9.17, 15) is 30.6 Å². The summed E-state index contributed by atoms with van der Waals surface area (Å²) in [6.45, 7) is 16.8. The van der Waals surface area contributed by atoms with Crippen molar-refractivity contribution in [3.8, 4) is 24.3 Å². The van der Waals surface area contributed by atoms with Crippen molar-refractivity contribution in [2.45, 2.75) is 86.0 Å². The van der Waals surface area contributed by atoms with Gasteiger partial charge in [0, 0.05) is 37.6 Å². The van der Waals surface area contributed by atoms with E-state index >= 15 is 0 Å². The molecule has 2 saturated heterocycles. The van der Waals surface area contributed by atoms with Gasteiger partial charge in [-0.25, -0.2) is 9.59 Å². The van der Waals surface area contributed by atoms with Gasteiger partial charge in [0.15, 0.2) is 0 Å². The van der Waals surface area contributed by atoms with Gasteiger partial charge < -0.3 is 19.3 Å². The molecule has 0 saturated carbocycles. The Balaban J connectivity index is 1.50. The summed E-state index contributed by atoms with van der Waals surface area (Å²) in [5.74, 6) is -1.35. The van der Waals surface area contributed by atoms with E-state index in [1.54, 1.807) is 0 Å². The zero-order valence-electron chi connectivity index (χ0n) is 29.0. The lowest BCUT2D eigenvalue weighted by Gasteiger charge is -2.37. The van der Waals surface area contributed by atoms with Gasteiger partial charge in [-0.15, -0.1) is 6.58 Å². The summed E-state index contributed by atoms with van der Waals surface area (Å²) in [6, 6.07) is 8.47. The molecule has 0 amide bonds. The molecule has 2 aliphatic carbocycles.